The van der Waals surface area contributed by atoms with E-state index in [1.54, 1.807) is 11.9 Å². The molecule has 0 saturated carbocycles. The van der Waals surface area contributed by atoms with Gasteiger partial charge in [0.25, 0.3) is 0 Å². The smallest absolute Gasteiger partial charge is 0.238 e. The molecule has 1 aromatic rings. The molecule has 0 aliphatic heterocycles. The van der Waals surface area contributed by atoms with Gasteiger partial charge in [-0.1, -0.05) is 12.1 Å². The molecule has 0 radical (unpaired) electrons. The molecular weight excluding hydrogens is 284 g/mol. The van der Waals surface area contributed by atoms with Crippen LogP contribution in [0.4, 0.5) is 5.69 Å². The Bertz CT molecular complexity index is 385. The molecule has 0 heterocycles. The van der Waals surface area contributed by atoms with E-state index in [1.165, 1.54) is 0 Å². The first-order valence-corrected chi connectivity index (χ1v) is 6.19. The van der Waals surface area contributed by atoms with Crippen molar-refractivity contribution >= 4 is 27.5 Å². The Kier molecular flexibility index (Phi) is 5.61. The Hall–Kier alpha value is -0.910. The first kappa shape index (κ1) is 14.2. The van der Waals surface area contributed by atoms with Crippen molar-refractivity contribution in [1.29, 1.82) is 0 Å². The number of carbonyl (C=O) groups is 1. The third kappa shape index (κ3) is 4.46. The van der Waals surface area contributed by atoms with Crippen molar-refractivity contribution < 1.29 is 9.90 Å². The number of anilines is 1. The maximum Gasteiger partial charge on any atom is 0.238 e. The molecule has 1 rings (SSSR count). The zero-order valence-electron chi connectivity index (χ0n) is 9.98. The van der Waals surface area contributed by atoms with Crippen LogP contribution in [0.25, 0.3) is 0 Å². The molecule has 17 heavy (non-hydrogen) atoms. The molecule has 0 spiro atoms. The zero-order valence-corrected chi connectivity index (χ0v) is 11.6. The van der Waals surface area contributed by atoms with Crippen LogP contribution in [0.2, 0.25) is 0 Å². The van der Waals surface area contributed by atoms with Crippen LogP contribution in [0, 0.1) is 0 Å². The van der Waals surface area contributed by atoms with Crippen LogP contribution in [0.3, 0.4) is 0 Å². The van der Waals surface area contributed by atoms with E-state index in [2.05, 4.69) is 21.2 Å². The van der Waals surface area contributed by atoms with Crippen molar-refractivity contribution in [3.8, 4) is 0 Å². The minimum atomic E-state index is -0.0975. The second kappa shape index (κ2) is 6.74. The first-order chi connectivity index (χ1) is 8.04. The van der Waals surface area contributed by atoms with Crippen molar-refractivity contribution in [2.24, 2.45) is 0 Å². The molecule has 0 aliphatic carbocycles. The molecule has 0 fully saturated rings. The Balaban J connectivity index is 2.53. The molecule has 0 saturated heterocycles. The van der Waals surface area contributed by atoms with E-state index in [9.17, 15) is 4.79 Å². The second-order valence-corrected chi connectivity index (χ2v) is 4.83. The molecule has 1 unspecified atom stereocenters. The van der Waals surface area contributed by atoms with Gasteiger partial charge in [-0.05, 0) is 42.0 Å². The number of para-hydroxylation sites is 1. The molecule has 0 aliphatic rings. The van der Waals surface area contributed by atoms with Crippen LogP contribution in [0.5, 0.6) is 0 Å². The van der Waals surface area contributed by atoms with Gasteiger partial charge >= 0.3 is 0 Å². The van der Waals surface area contributed by atoms with E-state index >= 15 is 0 Å². The normalized spacial score (nSPS) is 12.5. The third-order valence-electron chi connectivity index (χ3n) is 2.56. The Labute approximate surface area is 110 Å². The van der Waals surface area contributed by atoms with Gasteiger partial charge in [-0.2, -0.15) is 0 Å². The molecule has 1 atom stereocenters. The van der Waals surface area contributed by atoms with Gasteiger partial charge in [-0.3, -0.25) is 9.69 Å². The molecule has 0 bridgehead atoms. The average Bonchev–Trinajstić information content (AvgIpc) is 2.31. The van der Waals surface area contributed by atoms with Crippen LogP contribution >= 0.6 is 15.9 Å². The van der Waals surface area contributed by atoms with Crippen LogP contribution in [-0.2, 0) is 4.79 Å². The van der Waals surface area contributed by atoms with Crippen LogP contribution < -0.4 is 5.32 Å². The Morgan fingerprint density at radius 1 is 1.53 bits per heavy atom. The predicted molar refractivity (Wildman–Crippen MR) is 71.9 cm³/mol. The highest BCUT2D eigenvalue weighted by molar-refractivity contribution is 9.10. The van der Waals surface area contributed by atoms with Gasteiger partial charge < -0.3 is 10.4 Å². The topological polar surface area (TPSA) is 52.6 Å². The number of carbonyl (C=O) groups excluding carboxylic acids is 1. The lowest BCUT2D eigenvalue weighted by atomic mass is 10.3. The number of amides is 1. The first-order valence-electron chi connectivity index (χ1n) is 5.40. The summed E-state index contributed by atoms with van der Waals surface area (Å²) >= 11 is 3.37. The van der Waals surface area contributed by atoms with Crippen molar-refractivity contribution in [3.05, 3.63) is 28.7 Å². The predicted octanol–water partition coefficient (Wildman–Crippen LogP) is 1.70. The fraction of sp³-hybridized carbons (Fsp3) is 0.417. The minimum absolute atomic E-state index is 0.0278. The summed E-state index contributed by atoms with van der Waals surface area (Å²) in [5.41, 5.74) is 0.752. The summed E-state index contributed by atoms with van der Waals surface area (Å²) in [6, 6.07) is 7.42. The molecule has 1 aromatic carbocycles. The van der Waals surface area contributed by atoms with Crippen LogP contribution in [0.1, 0.15) is 6.92 Å². The summed E-state index contributed by atoms with van der Waals surface area (Å²) in [4.78, 5) is 13.5. The molecule has 4 nitrogen and oxygen atoms in total. The number of hydrogen-bond donors (Lipinski definition) is 2. The lowest BCUT2D eigenvalue weighted by Crippen LogP contribution is -2.38. The number of rotatable bonds is 5. The van der Waals surface area contributed by atoms with Crippen molar-refractivity contribution in [2.45, 2.75) is 13.0 Å². The summed E-state index contributed by atoms with van der Waals surface area (Å²) in [5.74, 6) is -0.0975. The minimum Gasteiger partial charge on any atom is -0.395 e. The summed E-state index contributed by atoms with van der Waals surface area (Å²) in [6.45, 7) is 2.16. The quantitative estimate of drug-likeness (QED) is 0.870. The van der Waals surface area contributed by atoms with Gasteiger partial charge in [0.05, 0.1) is 18.8 Å². The average molecular weight is 301 g/mol. The summed E-state index contributed by atoms with van der Waals surface area (Å²) in [6.07, 6.45) is 0. The summed E-state index contributed by atoms with van der Waals surface area (Å²) < 4.78 is 0.853. The van der Waals surface area contributed by atoms with Gasteiger partial charge in [0.1, 0.15) is 0 Å². The second-order valence-electron chi connectivity index (χ2n) is 3.97. The van der Waals surface area contributed by atoms with Gasteiger partial charge in [-0.15, -0.1) is 0 Å². The highest BCUT2D eigenvalue weighted by atomic mass is 79.9. The number of nitrogens with zero attached hydrogens (tertiary/aromatic N) is 1. The van der Waals surface area contributed by atoms with Crippen molar-refractivity contribution in [2.75, 3.05) is 25.5 Å². The summed E-state index contributed by atoms with van der Waals surface area (Å²) in [5, 5.41) is 11.8. The number of benzene rings is 1. The largest absolute Gasteiger partial charge is 0.395 e. The van der Waals surface area contributed by atoms with E-state index in [4.69, 9.17) is 5.11 Å². The SMILES string of the molecule is CC(CO)N(C)CC(=O)Nc1ccccc1Br. The molecular formula is C12H17BrN2O2. The van der Waals surface area contributed by atoms with Gasteiger partial charge in [0.2, 0.25) is 5.91 Å². The molecule has 5 heteroatoms. The van der Waals surface area contributed by atoms with Crippen molar-refractivity contribution in [3.63, 3.8) is 0 Å². The maximum atomic E-state index is 11.7. The number of aliphatic hydroxyl groups is 1. The van der Waals surface area contributed by atoms with E-state index in [-0.39, 0.29) is 25.1 Å². The highest BCUT2D eigenvalue weighted by Crippen LogP contribution is 2.20. The Morgan fingerprint density at radius 3 is 2.76 bits per heavy atom. The lowest BCUT2D eigenvalue weighted by molar-refractivity contribution is -0.117. The van der Waals surface area contributed by atoms with Gasteiger partial charge in [0, 0.05) is 10.5 Å². The molecule has 1 amide bonds. The lowest BCUT2D eigenvalue weighted by Gasteiger charge is -2.22. The number of likely N-dealkylation sites (N-methyl/N-ethyl adjacent to an activating group) is 1. The van der Waals surface area contributed by atoms with Crippen LogP contribution in [0.15, 0.2) is 28.7 Å². The fourth-order valence-corrected chi connectivity index (χ4v) is 1.66. The van der Waals surface area contributed by atoms with E-state index in [0.29, 0.717) is 0 Å². The standard InChI is InChI=1S/C12H17BrN2O2/c1-9(8-16)15(2)7-12(17)14-11-6-4-3-5-10(11)13/h3-6,9,16H,7-8H2,1-2H3,(H,14,17). The molecule has 0 aromatic heterocycles. The maximum absolute atomic E-state index is 11.7. The van der Waals surface area contributed by atoms with E-state index < -0.39 is 0 Å². The van der Waals surface area contributed by atoms with Gasteiger partial charge in [-0.25, -0.2) is 0 Å². The highest BCUT2D eigenvalue weighted by Gasteiger charge is 2.12. The number of halogens is 1. The zero-order chi connectivity index (χ0) is 12.8. The Morgan fingerprint density at radius 2 is 2.18 bits per heavy atom. The fourth-order valence-electron chi connectivity index (χ4n) is 1.27. The van der Waals surface area contributed by atoms with E-state index in [1.807, 2.05) is 31.2 Å². The molecule has 94 valence electrons. The van der Waals surface area contributed by atoms with Gasteiger partial charge in [0.15, 0.2) is 0 Å². The summed E-state index contributed by atoms with van der Waals surface area (Å²) in [7, 11) is 1.81. The molecule has 2 N–H and O–H groups in total. The van der Waals surface area contributed by atoms with Crippen LogP contribution in [-0.4, -0.2) is 42.2 Å². The number of aliphatic hydroxyl groups excluding tert-OH is 1. The van der Waals surface area contributed by atoms with Crippen molar-refractivity contribution in [1.82, 2.24) is 4.90 Å². The number of nitrogens with one attached hydrogen (secondary N) is 1. The van der Waals surface area contributed by atoms with E-state index in [0.717, 1.165) is 10.2 Å². The third-order valence-corrected chi connectivity index (χ3v) is 3.25. The monoisotopic (exact) mass is 300 g/mol. The number of hydrogen-bond acceptors (Lipinski definition) is 3.